The highest BCUT2D eigenvalue weighted by Crippen LogP contribution is 2.19. The monoisotopic (exact) mass is 202 g/mol. The van der Waals surface area contributed by atoms with Gasteiger partial charge in [-0.2, -0.15) is 22.8 Å². The predicted octanol–water partition coefficient (Wildman–Crippen LogP) is 1.23. The number of hydrogen-bond acceptors (Lipinski definition) is 3. The Morgan fingerprint density at radius 2 is 2.07 bits per heavy atom. The maximum absolute atomic E-state index is 12.0. The van der Waals surface area contributed by atoms with Crippen molar-refractivity contribution in [2.45, 2.75) is 12.6 Å². The van der Waals surface area contributed by atoms with Crippen LogP contribution in [0.15, 0.2) is 18.3 Å². The molecule has 0 radical (unpaired) electrons. The zero-order valence-electron chi connectivity index (χ0n) is 6.86. The van der Waals surface area contributed by atoms with Crippen molar-refractivity contribution < 1.29 is 13.2 Å². The molecule has 0 unspecified atom stereocenters. The van der Waals surface area contributed by atoms with Gasteiger partial charge in [0.25, 0.3) is 0 Å². The van der Waals surface area contributed by atoms with E-state index < -0.39 is 12.6 Å². The van der Waals surface area contributed by atoms with Gasteiger partial charge in [0.15, 0.2) is 11.5 Å². The summed E-state index contributed by atoms with van der Waals surface area (Å²) in [6, 6.07) is 3.13. The molecule has 0 N–H and O–H groups in total. The Hall–Kier alpha value is -1.66. The number of rotatable bonds is 1. The number of aromatic nitrogens is 4. The van der Waals surface area contributed by atoms with Gasteiger partial charge in [-0.05, 0) is 12.1 Å². The second-order valence-electron chi connectivity index (χ2n) is 2.70. The number of nitrogens with zero attached hydrogens (tertiary/aromatic N) is 4. The minimum Gasteiger partial charge on any atom is -0.197 e. The summed E-state index contributed by atoms with van der Waals surface area (Å²) in [5.74, 6) is -0.201. The summed E-state index contributed by atoms with van der Waals surface area (Å²) in [5.41, 5.74) is 0.312. The molecule has 7 heteroatoms. The quantitative estimate of drug-likeness (QED) is 0.698. The van der Waals surface area contributed by atoms with Gasteiger partial charge in [0.1, 0.15) is 6.42 Å². The van der Waals surface area contributed by atoms with Gasteiger partial charge < -0.3 is 0 Å². The van der Waals surface area contributed by atoms with Crippen molar-refractivity contribution in [2.75, 3.05) is 0 Å². The maximum Gasteiger partial charge on any atom is 0.396 e. The summed E-state index contributed by atoms with van der Waals surface area (Å²) in [4.78, 5) is 0. The van der Waals surface area contributed by atoms with Crippen molar-refractivity contribution in [1.29, 1.82) is 0 Å². The van der Waals surface area contributed by atoms with Crippen LogP contribution in [0, 0.1) is 0 Å². The Kier molecular flexibility index (Phi) is 1.87. The van der Waals surface area contributed by atoms with Gasteiger partial charge in [-0.3, -0.25) is 0 Å². The molecule has 0 atom stereocenters. The number of hydrogen-bond donors (Lipinski definition) is 0. The van der Waals surface area contributed by atoms with E-state index in [0.717, 1.165) is 4.52 Å². The van der Waals surface area contributed by atoms with Gasteiger partial charge in [0.2, 0.25) is 0 Å². The highest BCUT2D eigenvalue weighted by atomic mass is 19.4. The Labute approximate surface area is 76.4 Å². The van der Waals surface area contributed by atoms with Crippen LogP contribution in [0.3, 0.4) is 0 Å². The topological polar surface area (TPSA) is 43.1 Å². The first-order chi connectivity index (χ1) is 6.56. The van der Waals surface area contributed by atoms with E-state index in [1.807, 2.05) is 0 Å². The van der Waals surface area contributed by atoms with Gasteiger partial charge in [-0.25, -0.2) is 0 Å². The second-order valence-corrected chi connectivity index (χ2v) is 2.70. The van der Waals surface area contributed by atoms with Gasteiger partial charge in [-0.15, -0.1) is 10.2 Å². The fourth-order valence-electron chi connectivity index (χ4n) is 1.08. The summed E-state index contributed by atoms with van der Waals surface area (Å²) in [6.45, 7) is 0. The fourth-order valence-corrected chi connectivity index (χ4v) is 1.08. The van der Waals surface area contributed by atoms with E-state index in [-0.39, 0.29) is 5.82 Å². The molecule has 2 rings (SSSR count). The van der Waals surface area contributed by atoms with Crippen molar-refractivity contribution in [2.24, 2.45) is 0 Å². The lowest BCUT2D eigenvalue weighted by atomic mass is 10.4. The predicted molar refractivity (Wildman–Crippen MR) is 40.5 cm³/mol. The molecule has 0 aliphatic heterocycles. The number of fused-ring (bicyclic) bond motifs is 1. The van der Waals surface area contributed by atoms with E-state index in [9.17, 15) is 13.2 Å². The molecule has 0 aromatic carbocycles. The summed E-state index contributed by atoms with van der Waals surface area (Å²) >= 11 is 0. The van der Waals surface area contributed by atoms with Crippen LogP contribution >= 0.6 is 0 Å². The summed E-state index contributed by atoms with van der Waals surface area (Å²) < 4.78 is 37.2. The van der Waals surface area contributed by atoms with E-state index in [0.29, 0.717) is 5.65 Å². The smallest absolute Gasteiger partial charge is 0.197 e. The largest absolute Gasteiger partial charge is 0.396 e. The maximum atomic E-state index is 12.0. The van der Waals surface area contributed by atoms with Crippen LogP contribution in [-0.4, -0.2) is 26.0 Å². The summed E-state index contributed by atoms with van der Waals surface area (Å²) in [5, 5.41) is 10.7. The molecule has 14 heavy (non-hydrogen) atoms. The normalized spacial score (nSPS) is 12.2. The lowest BCUT2D eigenvalue weighted by Crippen LogP contribution is -2.14. The first kappa shape index (κ1) is 8.92. The van der Waals surface area contributed by atoms with Crippen LogP contribution in [0.25, 0.3) is 5.65 Å². The van der Waals surface area contributed by atoms with Crippen molar-refractivity contribution in [1.82, 2.24) is 19.8 Å². The van der Waals surface area contributed by atoms with Crippen molar-refractivity contribution in [3.8, 4) is 0 Å². The van der Waals surface area contributed by atoms with Gasteiger partial charge in [-0.1, -0.05) is 0 Å². The first-order valence-corrected chi connectivity index (χ1v) is 3.78. The zero-order valence-corrected chi connectivity index (χ0v) is 6.86. The average molecular weight is 202 g/mol. The van der Waals surface area contributed by atoms with E-state index >= 15 is 0 Å². The zero-order chi connectivity index (χ0) is 10.2. The van der Waals surface area contributed by atoms with Crippen molar-refractivity contribution in [3.05, 3.63) is 24.2 Å². The van der Waals surface area contributed by atoms with Crippen LogP contribution in [0.4, 0.5) is 13.2 Å². The van der Waals surface area contributed by atoms with E-state index in [1.54, 1.807) is 12.1 Å². The number of alkyl halides is 3. The van der Waals surface area contributed by atoms with Gasteiger partial charge in [0.05, 0.1) is 0 Å². The molecular formula is C7H5F3N4. The molecule has 0 saturated heterocycles. The van der Waals surface area contributed by atoms with Crippen LogP contribution in [0.5, 0.6) is 0 Å². The SMILES string of the molecule is FC(F)(F)Cc1nnc2cccnn12. The third kappa shape index (κ3) is 1.66. The molecule has 2 aromatic rings. The summed E-state index contributed by atoms with van der Waals surface area (Å²) in [7, 11) is 0. The van der Waals surface area contributed by atoms with Crippen LogP contribution in [0.1, 0.15) is 5.82 Å². The Morgan fingerprint density at radius 1 is 1.29 bits per heavy atom. The van der Waals surface area contributed by atoms with E-state index in [4.69, 9.17) is 0 Å². The Morgan fingerprint density at radius 3 is 2.79 bits per heavy atom. The van der Waals surface area contributed by atoms with Crippen molar-refractivity contribution >= 4 is 5.65 Å². The van der Waals surface area contributed by atoms with E-state index in [1.165, 1.54) is 6.20 Å². The molecule has 0 fully saturated rings. The molecule has 4 nitrogen and oxygen atoms in total. The van der Waals surface area contributed by atoms with Crippen LogP contribution in [0.2, 0.25) is 0 Å². The molecular weight excluding hydrogens is 197 g/mol. The van der Waals surface area contributed by atoms with Gasteiger partial charge in [0, 0.05) is 6.20 Å². The summed E-state index contributed by atoms with van der Waals surface area (Å²) in [6.07, 6.45) is -4.03. The Balaban J connectivity index is 2.44. The standard InChI is InChI=1S/C7H5F3N4/c8-7(9,10)4-6-13-12-5-2-1-3-11-14(5)6/h1-3H,4H2. The lowest BCUT2D eigenvalue weighted by molar-refractivity contribution is -0.128. The lowest BCUT2D eigenvalue weighted by Gasteiger charge is -2.02. The Bertz CT molecular complexity index is 447. The molecule has 0 aliphatic rings. The van der Waals surface area contributed by atoms with Crippen LogP contribution < -0.4 is 0 Å². The van der Waals surface area contributed by atoms with E-state index in [2.05, 4.69) is 15.3 Å². The fraction of sp³-hybridized carbons (Fsp3) is 0.286. The van der Waals surface area contributed by atoms with Crippen molar-refractivity contribution in [3.63, 3.8) is 0 Å². The molecule has 2 aromatic heterocycles. The molecule has 0 spiro atoms. The third-order valence-corrected chi connectivity index (χ3v) is 1.60. The minimum absolute atomic E-state index is 0.201. The highest BCUT2D eigenvalue weighted by molar-refractivity contribution is 5.34. The molecule has 0 amide bonds. The second kappa shape index (κ2) is 2.93. The third-order valence-electron chi connectivity index (χ3n) is 1.60. The van der Waals surface area contributed by atoms with Crippen LogP contribution in [-0.2, 0) is 6.42 Å². The molecule has 2 heterocycles. The molecule has 0 bridgehead atoms. The van der Waals surface area contributed by atoms with Gasteiger partial charge >= 0.3 is 6.18 Å². The molecule has 0 saturated carbocycles. The minimum atomic E-state index is -4.29. The highest BCUT2D eigenvalue weighted by Gasteiger charge is 2.30. The molecule has 74 valence electrons. The number of halogens is 3. The first-order valence-electron chi connectivity index (χ1n) is 3.78. The molecule has 0 aliphatic carbocycles. The average Bonchev–Trinajstić information content (AvgIpc) is 2.47.